The Labute approximate surface area is 156 Å². The van der Waals surface area contributed by atoms with Gasteiger partial charge in [0.25, 0.3) is 11.8 Å². The Hall–Kier alpha value is -3.61. The quantitative estimate of drug-likeness (QED) is 0.670. The van der Waals surface area contributed by atoms with E-state index in [1.807, 2.05) is 6.92 Å². The predicted octanol–water partition coefficient (Wildman–Crippen LogP) is 3.26. The van der Waals surface area contributed by atoms with Gasteiger partial charge in [0.2, 0.25) is 0 Å². The van der Waals surface area contributed by atoms with Crippen LogP contribution in [0.2, 0.25) is 0 Å². The molecule has 0 aliphatic carbocycles. The van der Waals surface area contributed by atoms with Crippen LogP contribution >= 0.6 is 0 Å². The number of anilines is 1. The predicted molar refractivity (Wildman–Crippen MR) is 99.7 cm³/mol. The summed E-state index contributed by atoms with van der Waals surface area (Å²) < 4.78 is 10.5. The molecule has 0 saturated heterocycles. The number of furan rings is 1. The highest BCUT2D eigenvalue weighted by Crippen LogP contribution is 2.16. The van der Waals surface area contributed by atoms with E-state index in [1.165, 1.54) is 18.5 Å². The molecular formula is C20H19N3O4. The van der Waals surface area contributed by atoms with Gasteiger partial charge >= 0.3 is 0 Å². The van der Waals surface area contributed by atoms with Gasteiger partial charge in [0.1, 0.15) is 17.2 Å². The molecule has 2 amide bonds. The third-order valence-corrected chi connectivity index (χ3v) is 3.68. The van der Waals surface area contributed by atoms with Crippen molar-refractivity contribution in [3.63, 3.8) is 0 Å². The number of nitrogens with one attached hydrogen (secondary N) is 2. The SMILES string of the molecule is CCOc1ccc(NC(=O)c2cc(C(=O)NCc3ccco3)ccn2)cc1. The zero-order chi connectivity index (χ0) is 19.1. The van der Waals surface area contributed by atoms with Crippen LogP contribution in [0.3, 0.4) is 0 Å². The molecule has 0 spiro atoms. The van der Waals surface area contributed by atoms with Crippen LogP contribution in [-0.4, -0.2) is 23.4 Å². The van der Waals surface area contributed by atoms with Crippen molar-refractivity contribution in [2.24, 2.45) is 0 Å². The van der Waals surface area contributed by atoms with E-state index in [2.05, 4.69) is 15.6 Å². The van der Waals surface area contributed by atoms with Crippen LogP contribution in [0.1, 0.15) is 33.5 Å². The summed E-state index contributed by atoms with van der Waals surface area (Å²) in [7, 11) is 0. The van der Waals surface area contributed by atoms with Gasteiger partial charge in [-0.05, 0) is 55.5 Å². The number of carbonyl (C=O) groups excluding carboxylic acids is 2. The smallest absolute Gasteiger partial charge is 0.274 e. The Kier molecular flexibility index (Phi) is 5.84. The van der Waals surface area contributed by atoms with E-state index in [0.29, 0.717) is 23.6 Å². The van der Waals surface area contributed by atoms with Crippen molar-refractivity contribution >= 4 is 17.5 Å². The van der Waals surface area contributed by atoms with Crippen molar-refractivity contribution < 1.29 is 18.7 Å². The number of carbonyl (C=O) groups is 2. The molecule has 3 rings (SSSR count). The normalized spacial score (nSPS) is 10.3. The lowest BCUT2D eigenvalue weighted by Crippen LogP contribution is -2.23. The Morgan fingerprint density at radius 2 is 1.93 bits per heavy atom. The molecule has 0 bridgehead atoms. The minimum atomic E-state index is -0.403. The molecule has 3 aromatic rings. The van der Waals surface area contributed by atoms with Gasteiger partial charge in [0, 0.05) is 17.4 Å². The first-order valence-corrected chi connectivity index (χ1v) is 8.46. The summed E-state index contributed by atoms with van der Waals surface area (Å²) in [5.74, 6) is 0.651. The molecular weight excluding hydrogens is 346 g/mol. The van der Waals surface area contributed by atoms with E-state index in [0.717, 1.165) is 5.75 Å². The van der Waals surface area contributed by atoms with Crippen molar-refractivity contribution in [2.75, 3.05) is 11.9 Å². The number of aromatic nitrogens is 1. The number of amides is 2. The molecule has 2 N–H and O–H groups in total. The van der Waals surface area contributed by atoms with E-state index in [-0.39, 0.29) is 18.1 Å². The van der Waals surface area contributed by atoms with Crippen LogP contribution in [0.15, 0.2) is 65.4 Å². The van der Waals surface area contributed by atoms with E-state index in [4.69, 9.17) is 9.15 Å². The molecule has 27 heavy (non-hydrogen) atoms. The highest BCUT2D eigenvalue weighted by atomic mass is 16.5. The van der Waals surface area contributed by atoms with E-state index in [9.17, 15) is 9.59 Å². The number of pyridine rings is 1. The molecule has 7 nitrogen and oxygen atoms in total. The van der Waals surface area contributed by atoms with Gasteiger partial charge in [-0.15, -0.1) is 0 Å². The lowest BCUT2D eigenvalue weighted by molar-refractivity contribution is 0.0948. The average Bonchev–Trinajstić information content (AvgIpc) is 3.21. The summed E-state index contributed by atoms with van der Waals surface area (Å²) in [6.45, 7) is 2.74. The van der Waals surface area contributed by atoms with E-state index in [1.54, 1.807) is 42.5 Å². The van der Waals surface area contributed by atoms with E-state index >= 15 is 0 Å². The third kappa shape index (κ3) is 4.94. The molecule has 0 aliphatic heterocycles. The lowest BCUT2D eigenvalue weighted by atomic mass is 10.2. The molecule has 0 unspecified atom stereocenters. The van der Waals surface area contributed by atoms with Crippen LogP contribution < -0.4 is 15.4 Å². The fraction of sp³-hybridized carbons (Fsp3) is 0.150. The summed E-state index contributed by atoms with van der Waals surface area (Å²) in [4.78, 5) is 28.7. The molecule has 0 atom stereocenters. The summed E-state index contributed by atoms with van der Waals surface area (Å²) in [5, 5.41) is 5.47. The molecule has 2 heterocycles. The lowest BCUT2D eigenvalue weighted by Gasteiger charge is -2.08. The Morgan fingerprint density at radius 1 is 1.11 bits per heavy atom. The van der Waals surface area contributed by atoms with Crippen LogP contribution in [0.25, 0.3) is 0 Å². The summed E-state index contributed by atoms with van der Waals surface area (Å²) in [6, 6.07) is 13.5. The van der Waals surface area contributed by atoms with Crippen LogP contribution in [-0.2, 0) is 6.54 Å². The van der Waals surface area contributed by atoms with Gasteiger partial charge in [-0.25, -0.2) is 0 Å². The van der Waals surface area contributed by atoms with Crippen molar-refractivity contribution in [1.82, 2.24) is 10.3 Å². The standard InChI is InChI=1S/C20H19N3O4/c1-2-26-16-7-5-15(6-8-16)23-20(25)18-12-14(9-10-21-18)19(24)22-13-17-4-3-11-27-17/h3-12H,2,13H2,1H3,(H,22,24)(H,23,25). The Balaban J connectivity index is 1.63. The van der Waals surface area contributed by atoms with E-state index < -0.39 is 5.91 Å². The summed E-state index contributed by atoms with van der Waals surface area (Å²) in [6.07, 6.45) is 2.96. The molecule has 7 heteroatoms. The van der Waals surface area contributed by atoms with Crippen LogP contribution in [0.4, 0.5) is 5.69 Å². The zero-order valence-corrected chi connectivity index (χ0v) is 14.8. The zero-order valence-electron chi connectivity index (χ0n) is 14.8. The Morgan fingerprint density at radius 3 is 2.63 bits per heavy atom. The second kappa shape index (κ2) is 8.66. The van der Waals surface area contributed by atoms with Gasteiger partial charge in [0.05, 0.1) is 19.4 Å². The third-order valence-electron chi connectivity index (χ3n) is 3.68. The van der Waals surface area contributed by atoms with Gasteiger partial charge in [0.15, 0.2) is 0 Å². The molecule has 1 aromatic carbocycles. The molecule has 2 aromatic heterocycles. The molecule has 0 radical (unpaired) electrons. The highest BCUT2D eigenvalue weighted by molar-refractivity contribution is 6.04. The number of nitrogens with zero attached hydrogens (tertiary/aromatic N) is 1. The monoisotopic (exact) mass is 365 g/mol. The van der Waals surface area contributed by atoms with Gasteiger partial charge in [-0.3, -0.25) is 14.6 Å². The second-order valence-corrected chi connectivity index (χ2v) is 5.60. The van der Waals surface area contributed by atoms with Gasteiger partial charge < -0.3 is 19.8 Å². The first kappa shape index (κ1) is 18.2. The largest absolute Gasteiger partial charge is 0.494 e. The first-order valence-electron chi connectivity index (χ1n) is 8.46. The van der Waals surface area contributed by atoms with Crippen molar-refractivity contribution in [1.29, 1.82) is 0 Å². The second-order valence-electron chi connectivity index (χ2n) is 5.60. The fourth-order valence-corrected chi connectivity index (χ4v) is 2.37. The van der Waals surface area contributed by atoms with Crippen LogP contribution in [0, 0.1) is 0 Å². The molecule has 0 aliphatic rings. The number of ether oxygens (including phenoxy) is 1. The Bertz CT molecular complexity index is 905. The first-order chi connectivity index (χ1) is 13.2. The van der Waals surface area contributed by atoms with Crippen molar-refractivity contribution in [3.05, 3.63) is 78.0 Å². The highest BCUT2D eigenvalue weighted by Gasteiger charge is 2.12. The fourth-order valence-electron chi connectivity index (χ4n) is 2.37. The summed E-state index contributed by atoms with van der Waals surface area (Å²) in [5.41, 5.74) is 1.10. The molecule has 0 fully saturated rings. The minimum Gasteiger partial charge on any atom is -0.494 e. The topological polar surface area (TPSA) is 93.5 Å². The maximum atomic E-state index is 12.4. The molecule has 0 saturated carbocycles. The number of hydrogen-bond acceptors (Lipinski definition) is 5. The number of hydrogen-bond donors (Lipinski definition) is 2. The van der Waals surface area contributed by atoms with Crippen LogP contribution in [0.5, 0.6) is 5.75 Å². The van der Waals surface area contributed by atoms with Gasteiger partial charge in [-0.2, -0.15) is 0 Å². The number of rotatable bonds is 7. The maximum absolute atomic E-state index is 12.4. The van der Waals surface area contributed by atoms with Gasteiger partial charge in [-0.1, -0.05) is 0 Å². The molecule has 138 valence electrons. The minimum absolute atomic E-state index is 0.148. The number of benzene rings is 1. The summed E-state index contributed by atoms with van der Waals surface area (Å²) >= 11 is 0. The average molecular weight is 365 g/mol. The van der Waals surface area contributed by atoms with Crippen molar-refractivity contribution in [2.45, 2.75) is 13.5 Å². The van der Waals surface area contributed by atoms with Crippen molar-refractivity contribution in [3.8, 4) is 5.75 Å². The maximum Gasteiger partial charge on any atom is 0.274 e.